The third-order valence-corrected chi connectivity index (χ3v) is 3.98. The molecule has 1 heterocycles. The van der Waals surface area contributed by atoms with Crippen molar-refractivity contribution >= 4 is 5.91 Å². The van der Waals surface area contributed by atoms with Crippen LogP contribution in [-0.2, 0) is 6.54 Å². The van der Waals surface area contributed by atoms with E-state index in [9.17, 15) is 4.79 Å². The summed E-state index contributed by atoms with van der Waals surface area (Å²) < 4.78 is 16.3. The van der Waals surface area contributed by atoms with Gasteiger partial charge in [-0.15, -0.1) is 0 Å². The summed E-state index contributed by atoms with van der Waals surface area (Å²) in [4.78, 5) is 12.2. The SMILES string of the molecule is COc1cc(CNC(=O)c2cc(C(C)C)no2)ccc1OCCC(C)C. The van der Waals surface area contributed by atoms with Gasteiger partial charge in [-0.1, -0.05) is 38.9 Å². The predicted molar refractivity (Wildman–Crippen MR) is 99.7 cm³/mol. The molecule has 26 heavy (non-hydrogen) atoms. The van der Waals surface area contributed by atoms with Crippen LogP contribution in [0.2, 0.25) is 0 Å². The van der Waals surface area contributed by atoms with Crippen LogP contribution in [0.4, 0.5) is 0 Å². The smallest absolute Gasteiger partial charge is 0.290 e. The molecule has 1 amide bonds. The first-order valence-corrected chi connectivity index (χ1v) is 8.95. The fourth-order valence-corrected chi connectivity index (χ4v) is 2.28. The molecule has 1 aromatic carbocycles. The summed E-state index contributed by atoms with van der Waals surface area (Å²) in [6.07, 6.45) is 0.983. The summed E-state index contributed by atoms with van der Waals surface area (Å²) in [7, 11) is 1.61. The van der Waals surface area contributed by atoms with Gasteiger partial charge in [0.1, 0.15) is 0 Å². The molecule has 1 aromatic heterocycles. The van der Waals surface area contributed by atoms with Crippen LogP contribution in [0, 0.1) is 5.92 Å². The summed E-state index contributed by atoms with van der Waals surface area (Å²) in [5.41, 5.74) is 1.68. The van der Waals surface area contributed by atoms with Gasteiger partial charge in [0, 0.05) is 12.6 Å². The quantitative estimate of drug-likeness (QED) is 0.727. The van der Waals surface area contributed by atoms with Gasteiger partial charge in [-0.25, -0.2) is 0 Å². The predicted octanol–water partition coefficient (Wildman–Crippen LogP) is 4.16. The Balaban J connectivity index is 1.95. The van der Waals surface area contributed by atoms with Crippen LogP contribution in [-0.4, -0.2) is 24.8 Å². The molecule has 0 saturated heterocycles. The summed E-state index contributed by atoms with van der Waals surface area (Å²) in [5.74, 6) is 2.09. The van der Waals surface area contributed by atoms with E-state index in [1.54, 1.807) is 13.2 Å². The number of aromatic nitrogens is 1. The standard InChI is InChI=1S/C20H28N2O4/c1-13(2)8-9-25-17-7-6-15(10-18(17)24-5)12-21-20(23)19-11-16(14(3)4)22-26-19/h6-7,10-11,13-14H,8-9,12H2,1-5H3,(H,21,23). The number of hydrogen-bond acceptors (Lipinski definition) is 5. The van der Waals surface area contributed by atoms with Gasteiger partial charge >= 0.3 is 0 Å². The van der Waals surface area contributed by atoms with Crippen LogP contribution < -0.4 is 14.8 Å². The number of ether oxygens (including phenoxy) is 2. The number of hydrogen-bond donors (Lipinski definition) is 1. The average Bonchev–Trinajstić information content (AvgIpc) is 3.10. The Morgan fingerprint density at radius 3 is 2.58 bits per heavy atom. The first-order valence-electron chi connectivity index (χ1n) is 8.95. The summed E-state index contributed by atoms with van der Waals surface area (Å²) in [6, 6.07) is 7.32. The minimum atomic E-state index is -0.291. The van der Waals surface area contributed by atoms with Crippen molar-refractivity contribution in [3.8, 4) is 11.5 Å². The van der Waals surface area contributed by atoms with E-state index < -0.39 is 0 Å². The summed E-state index contributed by atoms with van der Waals surface area (Å²) in [5, 5.41) is 6.73. The maximum atomic E-state index is 12.2. The van der Waals surface area contributed by atoms with Gasteiger partial charge < -0.3 is 19.3 Å². The molecule has 0 unspecified atom stereocenters. The Labute approximate surface area is 154 Å². The Morgan fingerprint density at radius 1 is 1.19 bits per heavy atom. The minimum Gasteiger partial charge on any atom is -0.493 e. The largest absolute Gasteiger partial charge is 0.493 e. The third-order valence-electron chi connectivity index (χ3n) is 3.98. The van der Waals surface area contributed by atoms with Crippen molar-refractivity contribution in [3.05, 3.63) is 41.3 Å². The van der Waals surface area contributed by atoms with E-state index in [0.717, 1.165) is 17.7 Å². The summed E-state index contributed by atoms with van der Waals surface area (Å²) >= 11 is 0. The molecule has 0 saturated carbocycles. The van der Waals surface area contributed by atoms with E-state index in [1.165, 1.54) is 0 Å². The number of amides is 1. The molecule has 6 nitrogen and oxygen atoms in total. The van der Waals surface area contributed by atoms with E-state index >= 15 is 0 Å². The normalized spacial score (nSPS) is 11.0. The summed E-state index contributed by atoms with van der Waals surface area (Å²) in [6.45, 7) is 9.32. The van der Waals surface area contributed by atoms with Gasteiger partial charge in [-0.3, -0.25) is 4.79 Å². The van der Waals surface area contributed by atoms with E-state index in [2.05, 4.69) is 24.3 Å². The molecule has 6 heteroatoms. The van der Waals surface area contributed by atoms with Crippen molar-refractivity contribution in [1.82, 2.24) is 10.5 Å². The molecule has 0 aliphatic carbocycles. The molecule has 0 aliphatic heterocycles. The molecule has 1 N–H and O–H groups in total. The second-order valence-corrected chi connectivity index (χ2v) is 6.97. The number of carbonyl (C=O) groups is 1. The van der Waals surface area contributed by atoms with Crippen molar-refractivity contribution in [2.45, 2.75) is 46.6 Å². The molecular weight excluding hydrogens is 332 g/mol. The topological polar surface area (TPSA) is 73.6 Å². The Hall–Kier alpha value is -2.50. The highest BCUT2D eigenvalue weighted by Gasteiger charge is 2.15. The van der Waals surface area contributed by atoms with Crippen LogP contribution >= 0.6 is 0 Å². The highest BCUT2D eigenvalue weighted by atomic mass is 16.5. The number of carbonyl (C=O) groups excluding carboxylic acids is 1. The van der Waals surface area contributed by atoms with E-state index in [-0.39, 0.29) is 17.6 Å². The Bertz CT molecular complexity index is 722. The molecule has 0 radical (unpaired) electrons. The van der Waals surface area contributed by atoms with Gasteiger partial charge in [-0.2, -0.15) is 0 Å². The van der Waals surface area contributed by atoms with Gasteiger partial charge in [0.15, 0.2) is 11.5 Å². The lowest BCUT2D eigenvalue weighted by atomic mass is 10.1. The second kappa shape index (κ2) is 9.27. The lowest BCUT2D eigenvalue weighted by Crippen LogP contribution is -2.22. The van der Waals surface area contributed by atoms with Crippen LogP contribution in [0.1, 0.15) is 61.8 Å². The molecule has 0 fully saturated rings. The number of methoxy groups -OCH3 is 1. The van der Waals surface area contributed by atoms with Crippen LogP contribution in [0.15, 0.2) is 28.8 Å². The van der Waals surface area contributed by atoms with Crippen molar-refractivity contribution in [1.29, 1.82) is 0 Å². The molecule has 0 spiro atoms. The Morgan fingerprint density at radius 2 is 1.96 bits per heavy atom. The first-order chi connectivity index (χ1) is 12.4. The molecule has 0 aliphatic rings. The van der Waals surface area contributed by atoms with E-state index in [4.69, 9.17) is 14.0 Å². The first kappa shape index (κ1) is 19.8. The molecule has 0 atom stereocenters. The number of benzene rings is 1. The average molecular weight is 360 g/mol. The van der Waals surface area contributed by atoms with Crippen molar-refractivity contribution in [2.75, 3.05) is 13.7 Å². The fourth-order valence-electron chi connectivity index (χ4n) is 2.28. The van der Waals surface area contributed by atoms with Gasteiger partial charge in [-0.05, 0) is 36.0 Å². The minimum absolute atomic E-state index is 0.216. The highest BCUT2D eigenvalue weighted by molar-refractivity contribution is 5.91. The van der Waals surface area contributed by atoms with Crippen molar-refractivity contribution in [2.24, 2.45) is 5.92 Å². The lowest BCUT2D eigenvalue weighted by Gasteiger charge is -2.13. The van der Waals surface area contributed by atoms with E-state index in [1.807, 2.05) is 32.0 Å². The van der Waals surface area contributed by atoms with E-state index in [0.29, 0.717) is 30.6 Å². The van der Waals surface area contributed by atoms with Crippen molar-refractivity contribution in [3.63, 3.8) is 0 Å². The fraction of sp³-hybridized carbons (Fsp3) is 0.500. The van der Waals surface area contributed by atoms with Crippen molar-refractivity contribution < 1.29 is 18.8 Å². The molecule has 0 bridgehead atoms. The third kappa shape index (κ3) is 5.51. The number of nitrogens with one attached hydrogen (secondary N) is 1. The zero-order valence-corrected chi connectivity index (χ0v) is 16.2. The maximum absolute atomic E-state index is 12.2. The van der Waals surface area contributed by atoms with Crippen LogP contribution in [0.5, 0.6) is 11.5 Å². The number of rotatable bonds is 9. The Kier molecular flexibility index (Phi) is 7.06. The van der Waals surface area contributed by atoms with Gasteiger partial charge in [0.2, 0.25) is 5.76 Å². The zero-order chi connectivity index (χ0) is 19.1. The lowest BCUT2D eigenvalue weighted by molar-refractivity contribution is 0.0913. The number of nitrogens with zero attached hydrogens (tertiary/aromatic N) is 1. The highest BCUT2D eigenvalue weighted by Crippen LogP contribution is 2.28. The molecule has 2 aromatic rings. The monoisotopic (exact) mass is 360 g/mol. The molecular formula is C20H28N2O4. The van der Waals surface area contributed by atoms with Gasteiger partial charge in [0.25, 0.3) is 5.91 Å². The molecule has 142 valence electrons. The van der Waals surface area contributed by atoms with Gasteiger partial charge in [0.05, 0.1) is 19.4 Å². The zero-order valence-electron chi connectivity index (χ0n) is 16.2. The van der Waals surface area contributed by atoms with Crippen LogP contribution in [0.3, 0.4) is 0 Å². The second-order valence-electron chi connectivity index (χ2n) is 6.97. The maximum Gasteiger partial charge on any atom is 0.290 e. The van der Waals surface area contributed by atoms with Crippen LogP contribution in [0.25, 0.3) is 0 Å². The molecule has 2 rings (SSSR count).